The van der Waals surface area contributed by atoms with E-state index in [1.165, 1.54) is 11.1 Å². The number of nitrogens with zero attached hydrogens (tertiary/aromatic N) is 2. The number of rotatable bonds is 4. The Morgan fingerprint density at radius 2 is 2.19 bits per heavy atom. The van der Waals surface area contributed by atoms with Gasteiger partial charge in [0.05, 0.1) is 17.4 Å². The molecule has 16 heavy (non-hydrogen) atoms. The molecule has 3 nitrogen and oxygen atoms in total. The van der Waals surface area contributed by atoms with Crippen molar-refractivity contribution in [2.24, 2.45) is 0 Å². The van der Waals surface area contributed by atoms with E-state index in [0.717, 1.165) is 18.4 Å². The molecule has 1 heterocycles. The largest absolute Gasteiger partial charge is 0.396 e. The number of imidazole rings is 1. The molecule has 86 valence electrons. The van der Waals surface area contributed by atoms with Crippen LogP contribution in [0.5, 0.6) is 0 Å². The molecule has 0 saturated heterocycles. The van der Waals surface area contributed by atoms with Crippen LogP contribution in [0, 0.1) is 0 Å². The maximum absolute atomic E-state index is 8.80. The molecular weight excluding hydrogens is 200 g/mol. The first-order valence-electron chi connectivity index (χ1n) is 5.78. The zero-order chi connectivity index (χ0) is 11.5. The van der Waals surface area contributed by atoms with E-state index in [0.29, 0.717) is 6.04 Å². The number of aliphatic hydroxyl groups is 1. The van der Waals surface area contributed by atoms with Gasteiger partial charge in [0.25, 0.3) is 0 Å². The summed E-state index contributed by atoms with van der Waals surface area (Å²) in [4.78, 5) is 4.41. The lowest BCUT2D eigenvalue weighted by Gasteiger charge is -2.08. The summed E-state index contributed by atoms with van der Waals surface area (Å²) in [5, 5.41) is 8.80. The summed E-state index contributed by atoms with van der Waals surface area (Å²) in [7, 11) is 0. The van der Waals surface area contributed by atoms with Gasteiger partial charge in [-0.1, -0.05) is 6.07 Å². The Bertz CT molecular complexity index is 474. The van der Waals surface area contributed by atoms with Gasteiger partial charge in [-0.25, -0.2) is 4.98 Å². The number of aryl methyl sites for hydroxylation is 1. The summed E-state index contributed by atoms with van der Waals surface area (Å²) in [5.41, 5.74) is 3.47. The van der Waals surface area contributed by atoms with Gasteiger partial charge >= 0.3 is 0 Å². The molecule has 0 radical (unpaired) electrons. The monoisotopic (exact) mass is 218 g/mol. The maximum Gasteiger partial charge on any atom is 0.0960 e. The van der Waals surface area contributed by atoms with Gasteiger partial charge in [-0.2, -0.15) is 0 Å². The van der Waals surface area contributed by atoms with Gasteiger partial charge in [-0.3, -0.25) is 0 Å². The summed E-state index contributed by atoms with van der Waals surface area (Å²) < 4.78 is 2.17. The summed E-state index contributed by atoms with van der Waals surface area (Å²) >= 11 is 0. The Kier molecular flexibility index (Phi) is 3.25. The van der Waals surface area contributed by atoms with Crippen LogP contribution in [0.2, 0.25) is 0 Å². The third kappa shape index (κ3) is 2.09. The Morgan fingerprint density at radius 3 is 2.88 bits per heavy atom. The predicted octanol–water partition coefficient (Wildman–Crippen LogP) is 2.54. The van der Waals surface area contributed by atoms with E-state index in [-0.39, 0.29) is 6.61 Å². The lowest BCUT2D eigenvalue weighted by Crippen LogP contribution is -1.98. The van der Waals surface area contributed by atoms with Crippen molar-refractivity contribution < 1.29 is 5.11 Å². The second kappa shape index (κ2) is 4.66. The summed E-state index contributed by atoms with van der Waals surface area (Å²) in [6.45, 7) is 4.56. The highest BCUT2D eigenvalue weighted by atomic mass is 16.2. The van der Waals surface area contributed by atoms with Crippen LogP contribution in [0.15, 0.2) is 24.5 Å². The van der Waals surface area contributed by atoms with Gasteiger partial charge < -0.3 is 9.67 Å². The molecule has 0 aliphatic heterocycles. The van der Waals surface area contributed by atoms with Crippen molar-refractivity contribution in [2.75, 3.05) is 6.61 Å². The third-order valence-corrected chi connectivity index (χ3v) is 2.82. The van der Waals surface area contributed by atoms with Crippen molar-refractivity contribution in [3.8, 4) is 0 Å². The summed E-state index contributed by atoms with van der Waals surface area (Å²) in [6.07, 6.45) is 3.63. The van der Waals surface area contributed by atoms with Gasteiger partial charge in [0.15, 0.2) is 0 Å². The number of aromatic nitrogens is 2. The van der Waals surface area contributed by atoms with Gasteiger partial charge in [0, 0.05) is 12.6 Å². The fourth-order valence-corrected chi connectivity index (χ4v) is 1.93. The number of fused-ring (bicyclic) bond motifs is 1. The van der Waals surface area contributed by atoms with Crippen molar-refractivity contribution in [1.82, 2.24) is 9.55 Å². The number of hydrogen-bond acceptors (Lipinski definition) is 2. The van der Waals surface area contributed by atoms with E-state index < -0.39 is 0 Å². The summed E-state index contributed by atoms with van der Waals surface area (Å²) in [6, 6.07) is 6.80. The molecule has 0 amide bonds. The third-order valence-electron chi connectivity index (χ3n) is 2.82. The maximum atomic E-state index is 8.80. The predicted molar refractivity (Wildman–Crippen MR) is 65.5 cm³/mol. The van der Waals surface area contributed by atoms with E-state index in [1.807, 2.05) is 6.33 Å². The smallest absolute Gasteiger partial charge is 0.0960 e. The highest BCUT2D eigenvalue weighted by Crippen LogP contribution is 2.19. The molecule has 0 unspecified atom stereocenters. The highest BCUT2D eigenvalue weighted by molar-refractivity contribution is 5.76. The molecule has 0 spiro atoms. The number of benzene rings is 1. The molecule has 1 N–H and O–H groups in total. The van der Waals surface area contributed by atoms with E-state index in [4.69, 9.17) is 5.11 Å². The fourth-order valence-electron chi connectivity index (χ4n) is 1.93. The van der Waals surface area contributed by atoms with Crippen molar-refractivity contribution in [2.45, 2.75) is 32.7 Å². The fraction of sp³-hybridized carbons (Fsp3) is 0.462. The number of aliphatic hydroxyl groups excluding tert-OH is 1. The lowest BCUT2D eigenvalue weighted by atomic mass is 10.1. The molecule has 0 saturated carbocycles. The quantitative estimate of drug-likeness (QED) is 0.856. The molecular formula is C13H18N2O. The lowest BCUT2D eigenvalue weighted by molar-refractivity contribution is 0.288. The Hall–Kier alpha value is -1.35. The first-order valence-corrected chi connectivity index (χ1v) is 5.78. The minimum absolute atomic E-state index is 0.248. The van der Waals surface area contributed by atoms with Crippen LogP contribution in [0.1, 0.15) is 31.9 Å². The van der Waals surface area contributed by atoms with Gasteiger partial charge in [0.2, 0.25) is 0 Å². The summed E-state index contributed by atoms with van der Waals surface area (Å²) in [5.74, 6) is 0. The highest BCUT2D eigenvalue weighted by Gasteiger charge is 2.05. The zero-order valence-electron chi connectivity index (χ0n) is 9.85. The van der Waals surface area contributed by atoms with Gasteiger partial charge in [-0.05, 0) is 44.4 Å². The van der Waals surface area contributed by atoms with Crippen LogP contribution < -0.4 is 0 Å². The molecule has 2 aromatic rings. The first kappa shape index (κ1) is 11.1. The molecule has 3 heteroatoms. The van der Waals surface area contributed by atoms with Crippen molar-refractivity contribution >= 4 is 11.0 Å². The molecule has 0 aliphatic carbocycles. The second-order valence-electron chi connectivity index (χ2n) is 4.40. The molecule has 0 bridgehead atoms. The molecule has 0 aliphatic rings. The Labute approximate surface area is 95.7 Å². The van der Waals surface area contributed by atoms with E-state index in [2.05, 4.69) is 41.6 Å². The van der Waals surface area contributed by atoms with E-state index in [1.54, 1.807) is 0 Å². The van der Waals surface area contributed by atoms with Crippen LogP contribution in [-0.4, -0.2) is 21.3 Å². The van der Waals surface area contributed by atoms with Crippen LogP contribution in [0.25, 0.3) is 11.0 Å². The second-order valence-corrected chi connectivity index (χ2v) is 4.40. The van der Waals surface area contributed by atoms with Crippen LogP contribution in [0.3, 0.4) is 0 Å². The average Bonchev–Trinajstić information content (AvgIpc) is 2.69. The van der Waals surface area contributed by atoms with Crippen LogP contribution in [-0.2, 0) is 6.42 Å². The molecule has 1 aromatic heterocycles. The van der Waals surface area contributed by atoms with Gasteiger partial charge in [-0.15, -0.1) is 0 Å². The molecule has 0 fully saturated rings. The van der Waals surface area contributed by atoms with E-state index in [9.17, 15) is 0 Å². The van der Waals surface area contributed by atoms with E-state index >= 15 is 0 Å². The Morgan fingerprint density at radius 1 is 1.38 bits per heavy atom. The SMILES string of the molecule is CC(C)n1cnc2cc(CCCO)ccc21. The first-order chi connectivity index (χ1) is 7.72. The van der Waals surface area contributed by atoms with Crippen molar-refractivity contribution in [3.63, 3.8) is 0 Å². The number of hydrogen-bond donors (Lipinski definition) is 1. The van der Waals surface area contributed by atoms with Crippen LogP contribution >= 0.6 is 0 Å². The minimum atomic E-state index is 0.248. The van der Waals surface area contributed by atoms with Gasteiger partial charge in [0.1, 0.15) is 0 Å². The zero-order valence-corrected chi connectivity index (χ0v) is 9.85. The average molecular weight is 218 g/mol. The Balaban J connectivity index is 2.33. The molecule has 1 aromatic carbocycles. The molecule has 2 rings (SSSR count). The standard InChI is InChI=1S/C13H18N2O/c1-10(2)15-9-14-12-8-11(4-3-7-16)5-6-13(12)15/h5-6,8-10,16H,3-4,7H2,1-2H3. The van der Waals surface area contributed by atoms with Crippen LogP contribution in [0.4, 0.5) is 0 Å². The normalized spacial score (nSPS) is 11.5. The minimum Gasteiger partial charge on any atom is -0.396 e. The van der Waals surface area contributed by atoms with Crippen molar-refractivity contribution in [1.29, 1.82) is 0 Å². The topological polar surface area (TPSA) is 38.0 Å². The van der Waals surface area contributed by atoms with Crippen molar-refractivity contribution in [3.05, 3.63) is 30.1 Å². The molecule has 0 atom stereocenters.